The standard InChI is InChI=1S/C30H36FN5O4/c1-20-16-36(21(2)19-37)29(38)15-23-14-26(34-30(39)33-25-6-4-24(31)5-7-25)8-9-27(23)40-28(20)18-35(3)17-22-10-12-32-13-11-22/h4-14,20-21,28,37H,15-19H2,1-3H3,(H2,33,34,39)/t20-,21-,28+/m0/s1. The van der Waals surface area contributed by atoms with Gasteiger partial charge >= 0.3 is 6.03 Å². The molecule has 1 aliphatic rings. The fraction of sp³-hybridized carbons (Fsp3) is 0.367. The highest BCUT2D eigenvalue weighted by Crippen LogP contribution is 2.29. The van der Waals surface area contributed by atoms with Gasteiger partial charge in [0.1, 0.15) is 17.7 Å². The average Bonchev–Trinajstić information content (AvgIpc) is 2.97. The lowest BCUT2D eigenvalue weighted by molar-refractivity contribution is -0.134. The molecule has 0 fully saturated rings. The van der Waals surface area contributed by atoms with Crippen molar-refractivity contribution in [2.24, 2.45) is 5.92 Å². The van der Waals surface area contributed by atoms with Gasteiger partial charge in [0.15, 0.2) is 0 Å². The van der Waals surface area contributed by atoms with Crippen molar-refractivity contribution in [3.63, 3.8) is 0 Å². The van der Waals surface area contributed by atoms with E-state index in [-0.39, 0.29) is 37.0 Å². The van der Waals surface area contributed by atoms with Crippen molar-refractivity contribution in [2.75, 3.05) is 37.4 Å². The zero-order chi connectivity index (χ0) is 28.6. The van der Waals surface area contributed by atoms with Crippen molar-refractivity contribution in [2.45, 2.75) is 39.0 Å². The molecule has 1 aromatic heterocycles. The van der Waals surface area contributed by atoms with Crippen molar-refractivity contribution in [3.05, 3.63) is 83.9 Å². The number of hydrogen-bond donors (Lipinski definition) is 3. The topological polar surface area (TPSA) is 107 Å². The fourth-order valence-corrected chi connectivity index (χ4v) is 4.72. The Kier molecular flexibility index (Phi) is 9.68. The Morgan fingerprint density at radius 1 is 1.15 bits per heavy atom. The molecule has 4 rings (SSSR count). The number of fused-ring (bicyclic) bond motifs is 1. The summed E-state index contributed by atoms with van der Waals surface area (Å²) in [4.78, 5) is 33.9. The van der Waals surface area contributed by atoms with Crippen LogP contribution in [0.25, 0.3) is 0 Å². The van der Waals surface area contributed by atoms with E-state index in [4.69, 9.17) is 4.74 Å². The molecule has 3 amide bonds. The number of aliphatic hydroxyl groups is 1. The van der Waals surface area contributed by atoms with Gasteiger partial charge < -0.3 is 25.4 Å². The summed E-state index contributed by atoms with van der Waals surface area (Å²) in [6.45, 7) is 5.49. The van der Waals surface area contributed by atoms with Crippen LogP contribution in [0.5, 0.6) is 5.75 Å². The minimum atomic E-state index is -0.498. The molecule has 0 bridgehead atoms. The van der Waals surface area contributed by atoms with Crippen molar-refractivity contribution in [3.8, 4) is 5.75 Å². The Hall–Kier alpha value is -4.02. The van der Waals surface area contributed by atoms with Crippen LogP contribution in [0.4, 0.5) is 20.6 Å². The molecule has 10 heteroatoms. The van der Waals surface area contributed by atoms with Crippen LogP contribution in [0.3, 0.4) is 0 Å². The maximum Gasteiger partial charge on any atom is 0.323 e. The van der Waals surface area contributed by atoms with Crippen molar-refractivity contribution in [1.82, 2.24) is 14.8 Å². The molecule has 9 nitrogen and oxygen atoms in total. The van der Waals surface area contributed by atoms with Gasteiger partial charge in [0, 0.05) is 54.9 Å². The molecule has 0 spiro atoms. The lowest BCUT2D eigenvalue weighted by atomic mass is 10.0. The molecule has 0 unspecified atom stereocenters. The molecular formula is C30H36FN5O4. The lowest BCUT2D eigenvalue weighted by Gasteiger charge is -2.34. The van der Waals surface area contributed by atoms with E-state index in [9.17, 15) is 19.1 Å². The number of anilines is 2. The quantitative estimate of drug-likeness (QED) is 0.390. The van der Waals surface area contributed by atoms with Crippen molar-refractivity contribution >= 4 is 23.3 Å². The normalized spacial score (nSPS) is 18.1. The molecule has 212 valence electrons. The first-order chi connectivity index (χ1) is 19.2. The predicted octanol–water partition coefficient (Wildman–Crippen LogP) is 4.15. The number of urea groups is 1. The summed E-state index contributed by atoms with van der Waals surface area (Å²) in [6, 6.07) is 13.8. The number of aliphatic hydroxyl groups excluding tert-OH is 1. The van der Waals surface area contributed by atoms with E-state index in [0.29, 0.717) is 42.3 Å². The van der Waals surface area contributed by atoms with E-state index < -0.39 is 11.8 Å². The third kappa shape index (κ3) is 7.77. The second-order valence-corrected chi connectivity index (χ2v) is 10.3. The highest BCUT2D eigenvalue weighted by molar-refractivity contribution is 5.99. The van der Waals surface area contributed by atoms with Crippen LogP contribution in [0.2, 0.25) is 0 Å². The number of aromatic nitrogens is 1. The fourth-order valence-electron chi connectivity index (χ4n) is 4.72. The summed E-state index contributed by atoms with van der Waals surface area (Å²) in [5.74, 6) is 0.0273. The number of pyridine rings is 1. The van der Waals surface area contributed by atoms with Crippen LogP contribution in [0.15, 0.2) is 67.0 Å². The SMILES string of the molecule is C[C@H]1CN([C@@H](C)CO)C(=O)Cc2cc(NC(=O)Nc3ccc(F)cc3)ccc2O[C@@H]1CN(C)Cc1ccncc1. The highest BCUT2D eigenvalue weighted by Gasteiger charge is 2.31. The minimum Gasteiger partial charge on any atom is -0.488 e. The summed E-state index contributed by atoms with van der Waals surface area (Å²) in [5, 5.41) is 15.3. The highest BCUT2D eigenvalue weighted by atomic mass is 19.1. The number of benzene rings is 2. The Morgan fingerprint density at radius 2 is 1.82 bits per heavy atom. The number of halogens is 1. The van der Waals surface area contributed by atoms with Crippen LogP contribution in [-0.4, -0.2) is 70.7 Å². The van der Waals surface area contributed by atoms with Gasteiger partial charge in [0.25, 0.3) is 0 Å². The molecule has 0 saturated carbocycles. The van der Waals surface area contributed by atoms with E-state index in [1.807, 2.05) is 26.1 Å². The number of amides is 3. The molecule has 2 heterocycles. The largest absolute Gasteiger partial charge is 0.488 e. The molecule has 1 aliphatic heterocycles. The number of hydrogen-bond acceptors (Lipinski definition) is 6. The zero-order valence-electron chi connectivity index (χ0n) is 23.0. The van der Waals surface area contributed by atoms with Gasteiger partial charge in [-0.2, -0.15) is 0 Å². The second kappa shape index (κ2) is 13.4. The number of carbonyl (C=O) groups is 2. The number of carbonyl (C=O) groups excluding carboxylic acids is 2. The number of nitrogens with zero attached hydrogens (tertiary/aromatic N) is 3. The molecule has 0 aliphatic carbocycles. The van der Waals surface area contributed by atoms with Crippen LogP contribution in [0, 0.1) is 11.7 Å². The summed E-state index contributed by atoms with van der Waals surface area (Å²) < 4.78 is 19.7. The maximum atomic E-state index is 13.4. The van der Waals surface area contributed by atoms with E-state index in [1.54, 1.807) is 35.5 Å². The van der Waals surface area contributed by atoms with Crippen LogP contribution in [0.1, 0.15) is 25.0 Å². The van der Waals surface area contributed by atoms with Crippen molar-refractivity contribution < 1.29 is 23.8 Å². The molecule has 0 saturated heterocycles. The molecule has 2 aromatic carbocycles. The van der Waals surface area contributed by atoms with E-state index >= 15 is 0 Å². The number of nitrogens with one attached hydrogen (secondary N) is 2. The van der Waals surface area contributed by atoms with Crippen LogP contribution < -0.4 is 15.4 Å². The Balaban J connectivity index is 1.55. The molecular weight excluding hydrogens is 513 g/mol. The first kappa shape index (κ1) is 29.0. The van der Waals surface area contributed by atoms with Gasteiger partial charge in [0.2, 0.25) is 5.91 Å². The molecule has 3 atom stereocenters. The maximum absolute atomic E-state index is 13.4. The molecule has 40 heavy (non-hydrogen) atoms. The van der Waals surface area contributed by atoms with Gasteiger partial charge in [-0.1, -0.05) is 6.92 Å². The third-order valence-corrected chi connectivity index (χ3v) is 6.97. The number of rotatable bonds is 8. The first-order valence-corrected chi connectivity index (χ1v) is 13.3. The predicted molar refractivity (Wildman–Crippen MR) is 152 cm³/mol. The summed E-state index contributed by atoms with van der Waals surface area (Å²) >= 11 is 0. The summed E-state index contributed by atoms with van der Waals surface area (Å²) in [7, 11) is 2.02. The van der Waals surface area contributed by atoms with Crippen molar-refractivity contribution in [1.29, 1.82) is 0 Å². The van der Waals surface area contributed by atoms with E-state index in [2.05, 4.69) is 27.4 Å². The van der Waals surface area contributed by atoms with E-state index in [0.717, 1.165) is 5.56 Å². The monoisotopic (exact) mass is 549 g/mol. The molecule has 3 N–H and O–H groups in total. The molecule has 3 aromatic rings. The second-order valence-electron chi connectivity index (χ2n) is 10.3. The zero-order valence-corrected chi connectivity index (χ0v) is 23.0. The number of ether oxygens (including phenoxy) is 1. The summed E-state index contributed by atoms with van der Waals surface area (Å²) in [6.07, 6.45) is 3.35. The third-order valence-electron chi connectivity index (χ3n) is 6.97. The Bertz CT molecular complexity index is 1290. The minimum absolute atomic E-state index is 0.0249. The van der Waals surface area contributed by atoms with Gasteiger partial charge in [-0.05, 0) is 74.1 Å². The molecule has 0 radical (unpaired) electrons. The Labute approximate surface area is 234 Å². The first-order valence-electron chi connectivity index (χ1n) is 13.3. The van der Waals surface area contributed by atoms with Crippen LogP contribution in [-0.2, 0) is 17.8 Å². The summed E-state index contributed by atoms with van der Waals surface area (Å²) in [5.41, 5.74) is 2.70. The number of likely N-dealkylation sites (N-methyl/N-ethyl adjacent to an activating group) is 1. The van der Waals surface area contributed by atoms with Gasteiger partial charge in [-0.25, -0.2) is 9.18 Å². The Morgan fingerprint density at radius 3 is 2.52 bits per heavy atom. The lowest BCUT2D eigenvalue weighted by Crippen LogP contribution is -2.47. The average molecular weight is 550 g/mol. The van der Waals surface area contributed by atoms with Gasteiger partial charge in [0.05, 0.1) is 19.1 Å². The van der Waals surface area contributed by atoms with E-state index in [1.165, 1.54) is 24.3 Å². The van der Waals surface area contributed by atoms with Gasteiger partial charge in [-0.3, -0.25) is 14.7 Å². The van der Waals surface area contributed by atoms with Gasteiger partial charge in [-0.15, -0.1) is 0 Å². The van der Waals surface area contributed by atoms with Crippen LogP contribution >= 0.6 is 0 Å². The smallest absolute Gasteiger partial charge is 0.323 e.